The predicted molar refractivity (Wildman–Crippen MR) is 91.5 cm³/mol. The fraction of sp³-hybridized carbons (Fsp3) is 0.133. The molecule has 0 spiro atoms. The van der Waals surface area contributed by atoms with Crippen LogP contribution in [0.5, 0.6) is 0 Å². The van der Waals surface area contributed by atoms with Crippen LogP contribution >= 0.6 is 45.8 Å². The van der Waals surface area contributed by atoms with Crippen LogP contribution in [0.3, 0.4) is 0 Å². The molecule has 2 rings (SSSR count). The minimum absolute atomic E-state index is 0.125. The van der Waals surface area contributed by atoms with E-state index >= 15 is 0 Å². The fourth-order valence-electron chi connectivity index (χ4n) is 1.81. The maximum atomic E-state index is 12.1. The Morgan fingerprint density at radius 1 is 1.15 bits per heavy atom. The molecule has 5 heteroatoms. The highest BCUT2D eigenvalue weighted by molar-refractivity contribution is 14.1. The van der Waals surface area contributed by atoms with Gasteiger partial charge in [0.2, 0.25) is 0 Å². The lowest BCUT2D eigenvalue weighted by Crippen LogP contribution is -2.26. The van der Waals surface area contributed by atoms with Crippen molar-refractivity contribution in [3.05, 3.63) is 67.2 Å². The van der Waals surface area contributed by atoms with Crippen molar-refractivity contribution in [2.75, 3.05) is 0 Å². The molecule has 0 fully saturated rings. The lowest BCUT2D eigenvalue weighted by atomic mass is 10.1. The molecule has 1 unspecified atom stereocenters. The minimum atomic E-state index is -0.188. The van der Waals surface area contributed by atoms with E-state index in [0.29, 0.717) is 15.6 Å². The van der Waals surface area contributed by atoms with E-state index in [0.717, 1.165) is 9.13 Å². The molecule has 0 heterocycles. The second-order valence-corrected chi connectivity index (χ2v) is 6.46. The lowest BCUT2D eigenvalue weighted by Gasteiger charge is -2.16. The van der Waals surface area contributed by atoms with Gasteiger partial charge in [-0.15, -0.1) is 0 Å². The molecule has 1 N–H and O–H groups in total. The molecule has 20 heavy (non-hydrogen) atoms. The molecule has 2 aromatic carbocycles. The summed E-state index contributed by atoms with van der Waals surface area (Å²) in [6.45, 7) is 1.89. The van der Waals surface area contributed by atoms with Crippen LogP contribution in [-0.2, 0) is 0 Å². The molecular formula is C15H12Cl2INO. The highest BCUT2D eigenvalue weighted by Gasteiger charge is 2.14. The third kappa shape index (κ3) is 3.87. The topological polar surface area (TPSA) is 29.1 Å². The van der Waals surface area contributed by atoms with Gasteiger partial charge in [-0.25, -0.2) is 0 Å². The van der Waals surface area contributed by atoms with Crippen LogP contribution in [0.2, 0.25) is 10.0 Å². The van der Waals surface area contributed by atoms with Gasteiger partial charge in [-0.1, -0.05) is 29.3 Å². The van der Waals surface area contributed by atoms with Crippen molar-refractivity contribution in [3.63, 3.8) is 0 Å². The van der Waals surface area contributed by atoms with Crippen LogP contribution < -0.4 is 5.32 Å². The number of amides is 1. The molecule has 1 atom stereocenters. The van der Waals surface area contributed by atoms with E-state index in [4.69, 9.17) is 23.2 Å². The summed E-state index contributed by atoms with van der Waals surface area (Å²) in [5, 5.41) is 4.05. The number of nitrogens with one attached hydrogen (secondary N) is 1. The Kier molecular flexibility index (Phi) is 5.29. The Morgan fingerprint density at radius 2 is 1.80 bits per heavy atom. The van der Waals surface area contributed by atoms with Crippen molar-refractivity contribution in [1.29, 1.82) is 0 Å². The zero-order valence-corrected chi connectivity index (χ0v) is 14.3. The number of rotatable bonds is 3. The largest absolute Gasteiger partial charge is 0.345 e. The zero-order valence-electron chi connectivity index (χ0n) is 10.7. The second kappa shape index (κ2) is 6.78. The molecule has 0 radical (unpaired) electrons. The van der Waals surface area contributed by atoms with Crippen LogP contribution in [0.25, 0.3) is 0 Å². The third-order valence-electron chi connectivity index (χ3n) is 2.88. The van der Waals surface area contributed by atoms with E-state index < -0.39 is 0 Å². The first-order chi connectivity index (χ1) is 9.47. The summed E-state index contributed by atoms with van der Waals surface area (Å²) in [6, 6.07) is 12.5. The van der Waals surface area contributed by atoms with Crippen LogP contribution in [0.1, 0.15) is 28.9 Å². The van der Waals surface area contributed by atoms with Crippen molar-refractivity contribution in [2.24, 2.45) is 0 Å². The van der Waals surface area contributed by atoms with Crippen LogP contribution in [-0.4, -0.2) is 5.91 Å². The standard InChI is InChI=1S/C15H12Cl2INO/c1-9(13-7-4-11(16)8-14(13)17)19-15(20)10-2-5-12(18)6-3-10/h2-9H,1H3,(H,19,20). The van der Waals surface area contributed by atoms with Gasteiger partial charge in [0.15, 0.2) is 0 Å². The zero-order chi connectivity index (χ0) is 14.7. The van der Waals surface area contributed by atoms with Gasteiger partial charge in [0.05, 0.1) is 6.04 Å². The van der Waals surface area contributed by atoms with Gasteiger partial charge in [0.1, 0.15) is 0 Å². The lowest BCUT2D eigenvalue weighted by molar-refractivity contribution is 0.0940. The second-order valence-electron chi connectivity index (χ2n) is 4.37. The molecule has 0 aliphatic rings. The summed E-state index contributed by atoms with van der Waals surface area (Å²) in [4.78, 5) is 12.1. The molecule has 1 amide bonds. The highest BCUT2D eigenvalue weighted by atomic mass is 127. The predicted octanol–water partition coefficient (Wildman–Crippen LogP) is 5.09. The van der Waals surface area contributed by atoms with Gasteiger partial charge in [-0.3, -0.25) is 4.79 Å². The van der Waals surface area contributed by atoms with Crippen molar-refractivity contribution in [2.45, 2.75) is 13.0 Å². The van der Waals surface area contributed by atoms with E-state index in [9.17, 15) is 4.79 Å². The van der Waals surface area contributed by atoms with Gasteiger partial charge in [-0.2, -0.15) is 0 Å². The molecule has 0 aromatic heterocycles. The maximum Gasteiger partial charge on any atom is 0.251 e. The first-order valence-electron chi connectivity index (χ1n) is 5.99. The average Bonchev–Trinajstić information content (AvgIpc) is 2.39. The van der Waals surface area contributed by atoms with E-state index in [1.54, 1.807) is 24.3 Å². The van der Waals surface area contributed by atoms with Gasteiger partial charge in [-0.05, 0) is 71.5 Å². The number of benzene rings is 2. The van der Waals surface area contributed by atoms with Crippen molar-refractivity contribution in [1.82, 2.24) is 5.32 Å². The van der Waals surface area contributed by atoms with Crippen LogP contribution in [0.4, 0.5) is 0 Å². The SMILES string of the molecule is CC(NC(=O)c1ccc(I)cc1)c1ccc(Cl)cc1Cl. The summed E-state index contributed by atoms with van der Waals surface area (Å²) < 4.78 is 1.09. The Balaban J connectivity index is 2.12. The summed E-state index contributed by atoms with van der Waals surface area (Å²) in [6.07, 6.45) is 0. The molecule has 104 valence electrons. The van der Waals surface area contributed by atoms with Gasteiger partial charge < -0.3 is 5.32 Å². The van der Waals surface area contributed by atoms with Crippen molar-refractivity contribution in [3.8, 4) is 0 Å². The van der Waals surface area contributed by atoms with Gasteiger partial charge in [0, 0.05) is 19.2 Å². The summed E-state index contributed by atoms with van der Waals surface area (Å²) >= 11 is 14.2. The van der Waals surface area contributed by atoms with E-state index in [1.165, 1.54) is 0 Å². The molecule has 0 saturated heterocycles. The molecule has 2 nitrogen and oxygen atoms in total. The Labute approximate surface area is 141 Å². The Morgan fingerprint density at radius 3 is 2.40 bits per heavy atom. The molecule has 2 aromatic rings. The minimum Gasteiger partial charge on any atom is -0.345 e. The first-order valence-corrected chi connectivity index (χ1v) is 7.82. The normalized spacial score (nSPS) is 12.0. The molecule has 0 bridgehead atoms. The molecular weight excluding hydrogens is 408 g/mol. The summed E-state index contributed by atoms with van der Waals surface area (Å²) in [5.41, 5.74) is 1.47. The first kappa shape index (κ1) is 15.6. The average molecular weight is 420 g/mol. The third-order valence-corrected chi connectivity index (χ3v) is 4.16. The Hall–Kier alpha value is -0.780. The van der Waals surface area contributed by atoms with Gasteiger partial charge in [0.25, 0.3) is 5.91 Å². The number of carbonyl (C=O) groups is 1. The molecule has 0 saturated carbocycles. The van der Waals surface area contributed by atoms with E-state index in [1.807, 2.05) is 25.1 Å². The number of halogens is 3. The summed E-state index contributed by atoms with van der Waals surface area (Å²) in [5.74, 6) is -0.125. The van der Waals surface area contributed by atoms with Gasteiger partial charge >= 0.3 is 0 Å². The van der Waals surface area contributed by atoms with E-state index in [2.05, 4.69) is 27.9 Å². The van der Waals surface area contributed by atoms with Crippen LogP contribution in [0.15, 0.2) is 42.5 Å². The molecule has 0 aliphatic carbocycles. The smallest absolute Gasteiger partial charge is 0.251 e. The summed E-state index contributed by atoms with van der Waals surface area (Å²) in [7, 11) is 0. The van der Waals surface area contributed by atoms with Crippen LogP contribution in [0, 0.1) is 3.57 Å². The number of hydrogen-bond acceptors (Lipinski definition) is 1. The fourth-order valence-corrected chi connectivity index (χ4v) is 2.74. The monoisotopic (exact) mass is 419 g/mol. The highest BCUT2D eigenvalue weighted by Crippen LogP contribution is 2.26. The molecule has 0 aliphatic heterocycles. The number of carbonyl (C=O) groups excluding carboxylic acids is 1. The maximum absolute atomic E-state index is 12.1. The van der Waals surface area contributed by atoms with Crippen molar-refractivity contribution >= 4 is 51.7 Å². The number of hydrogen-bond donors (Lipinski definition) is 1. The Bertz CT molecular complexity index is 628. The van der Waals surface area contributed by atoms with E-state index in [-0.39, 0.29) is 11.9 Å². The quantitative estimate of drug-likeness (QED) is 0.689. The van der Waals surface area contributed by atoms with Crippen molar-refractivity contribution < 1.29 is 4.79 Å².